The molecular formula is C17H20N6O. The lowest BCUT2D eigenvalue weighted by atomic mass is 9.99. The van der Waals surface area contributed by atoms with Crippen molar-refractivity contribution < 1.29 is 4.63 Å². The van der Waals surface area contributed by atoms with Crippen LogP contribution in [0.4, 0.5) is 17.3 Å². The highest BCUT2D eigenvalue weighted by atomic mass is 16.6. The highest BCUT2D eigenvalue weighted by Crippen LogP contribution is 2.30. The average Bonchev–Trinajstić information content (AvgIpc) is 3.02. The third-order valence-corrected chi connectivity index (χ3v) is 4.46. The van der Waals surface area contributed by atoms with E-state index in [0.29, 0.717) is 17.1 Å². The lowest BCUT2D eigenvalue weighted by Crippen LogP contribution is -2.34. The fourth-order valence-electron chi connectivity index (χ4n) is 3.01. The maximum Gasteiger partial charge on any atom is 0.245 e. The van der Waals surface area contributed by atoms with Crippen LogP contribution in [0.2, 0.25) is 0 Å². The van der Waals surface area contributed by atoms with Gasteiger partial charge in [-0.2, -0.15) is 0 Å². The molecule has 0 saturated carbocycles. The molecule has 0 unspecified atom stereocenters. The van der Waals surface area contributed by atoms with Crippen molar-refractivity contribution in [1.29, 1.82) is 0 Å². The summed E-state index contributed by atoms with van der Waals surface area (Å²) in [5, 5.41) is 11.0. The van der Waals surface area contributed by atoms with Gasteiger partial charge in [0, 0.05) is 18.8 Å². The Morgan fingerprint density at radius 3 is 2.62 bits per heavy atom. The Morgan fingerprint density at radius 2 is 1.88 bits per heavy atom. The molecule has 4 rings (SSSR count). The van der Waals surface area contributed by atoms with E-state index in [4.69, 9.17) is 4.63 Å². The summed E-state index contributed by atoms with van der Waals surface area (Å²) in [7, 11) is 0. The third kappa shape index (κ3) is 2.89. The second-order valence-electron chi connectivity index (χ2n) is 6.47. The van der Waals surface area contributed by atoms with Gasteiger partial charge in [0.1, 0.15) is 0 Å². The molecule has 1 fully saturated rings. The minimum atomic E-state index is 0.416. The van der Waals surface area contributed by atoms with Crippen molar-refractivity contribution in [3.8, 4) is 0 Å². The summed E-state index contributed by atoms with van der Waals surface area (Å²) >= 11 is 0. The van der Waals surface area contributed by atoms with Gasteiger partial charge in [-0.25, -0.2) is 14.6 Å². The van der Waals surface area contributed by atoms with E-state index >= 15 is 0 Å². The van der Waals surface area contributed by atoms with Crippen molar-refractivity contribution in [3.63, 3.8) is 0 Å². The number of fused-ring (bicyclic) bond motifs is 1. The summed E-state index contributed by atoms with van der Waals surface area (Å²) in [6, 6.07) is 8.18. The molecule has 7 heteroatoms. The van der Waals surface area contributed by atoms with E-state index in [1.165, 1.54) is 5.56 Å². The molecule has 3 heterocycles. The Hall–Kier alpha value is -2.70. The number of hydrogen-bond acceptors (Lipinski definition) is 7. The summed E-state index contributed by atoms with van der Waals surface area (Å²) in [6.45, 7) is 6.29. The molecule has 2 aromatic heterocycles. The van der Waals surface area contributed by atoms with Crippen molar-refractivity contribution in [1.82, 2.24) is 20.3 Å². The highest BCUT2D eigenvalue weighted by molar-refractivity contribution is 5.77. The van der Waals surface area contributed by atoms with Crippen molar-refractivity contribution in [2.75, 3.05) is 23.3 Å². The van der Waals surface area contributed by atoms with Crippen LogP contribution in [0.1, 0.15) is 25.3 Å². The molecular weight excluding hydrogens is 304 g/mol. The van der Waals surface area contributed by atoms with Crippen molar-refractivity contribution in [2.24, 2.45) is 5.92 Å². The van der Waals surface area contributed by atoms with Crippen LogP contribution < -0.4 is 10.2 Å². The van der Waals surface area contributed by atoms with Gasteiger partial charge >= 0.3 is 0 Å². The smallest absolute Gasteiger partial charge is 0.245 e. The first-order valence-electron chi connectivity index (χ1n) is 8.28. The van der Waals surface area contributed by atoms with Crippen molar-refractivity contribution in [3.05, 3.63) is 29.8 Å². The van der Waals surface area contributed by atoms with E-state index in [0.717, 1.165) is 43.4 Å². The summed E-state index contributed by atoms with van der Waals surface area (Å²) in [6.07, 6.45) is 2.31. The van der Waals surface area contributed by atoms with E-state index in [1.54, 1.807) is 0 Å². The molecule has 24 heavy (non-hydrogen) atoms. The number of hydrogen-bond donors (Lipinski definition) is 1. The molecule has 3 aromatic rings. The van der Waals surface area contributed by atoms with Crippen LogP contribution in [-0.2, 0) is 0 Å². The number of nitrogens with zero attached hydrogens (tertiary/aromatic N) is 5. The molecule has 0 bridgehead atoms. The fraction of sp³-hybridized carbons (Fsp3) is 0.412. The SMILES string of the molecule is Cc1cccc(Nc2nc3nonc3nc2N2CCC(C)CC2)c1. The number of piperidine rings is 1. The van der Waals surface area contributed by atoms with Gasteiger partial charge in [0.25, 0.3) is 0 Å². The van der Waals surface area contributed by atoms with E-state index < -0.39 is 0 Å². The predicted octanol–water partition coefficient (Wildman–Crippen LogP) is 3.30. The van der Waals surface area contributed by atoms with Crippen LogP contribution in [0, 0.1) is 12.8 Å². The molecule has 1 aromatic carbocycles. The lowest BCUT2D eigenvalue weighted by molar-refractivity contribution is 0.314. The van der Waals surface area contributed by atoms with Gasteiger partial charge in [-0.1, -0.05) is 19.1 Å². The molecule has 1 aliphatic rings. The normalized spacial score (nSPS) is 15.8. The lowest BCUT2D eigenvalue weighted by Gasteiger charge is -2.31. The number of aromatic nitrogens is 4. The van der Waals surface area contributed by atoms with Crippen molar-refractivity contribution in [2.45, 2.75) is 26.7 Å². The van der Waals surface area contributed by atoms with Gasteiger partial charge in [0.2, 0.25) is 11.3 Å². The first kappa shape index (κ1) is 14.9. The largest absolute Gasteiger partial charge is 0.353 e. The number of benzene rings is 1. The Labute approximate surface area is 140 Å². The van der Waals surface area contributed by atoms with Gasteiger partial charge in [0.15, 0.2) is 11.6 Å². The molecule has 0 radical (unpaired) electrons. The van der Waals surface area contributed by atoms with Gasteiger partial charge < -0.3 is 10.2 Å². The predicted molar refractivity (Wildman–Crippen MR) is 92.5 cm³/mol. The summed E-state index contributed by atoms with van der Waals surface area (Å²) in [4.78, 5) is 11.5. The second kappa shape index (κ2) is 6.07. The molecule has 124 valence electrons. The van der Waals surface area contributed by atoms with Gasteiger partial charge in [0.05, 0.1) is 0 Å². The summed E-state index contributed by atoms with van der Waals surface area (Å²) in [5.74, 6) is 2.25. The molecule has 7 nitrogen and oxygen atoms in total. The molecule has 0 atom stereocenters. The van der Waals surface area contributed by atoms with Crippen LogP contribution >= 0.6 is 0 Å². The van der Waals surface area contributed by atoms with Crippen molar-refractivity contribution >= 4 is 28.6 Å². The number of nitrogens with one attached hydrogen (secondary N) is 1. The van der Waals surface area contributed by atoms with E-state index in [9.17, 15) is 0 Å². The first-order chi connectivity index (χ1) is 11.7. The van der Waals surface area contributed by atoms with Crippen LogP contribution in [-0.4, -0.2) is 33.4 Å². The van der Waals surface area contributed by atoms with E-state index in [-0.39, 0.29) is 0 Å². The molecule has 0 aliphatic carbocycles. The average molecular weight is 324 g/mol. The van der Waals surface area contributed by atoms with Gasteiger partial charge in [-0.05, 0) is 53.7 Å². The molecule has 0 amide bonds. The number of anilines is 3. The second-order valence-corrected chi connectivity index (χ2v) is 6.47. The summed E-state index contributed by atoms with van der Waals surface area (Å²) in [5.41, 5.74) is 3.02. The number of rotatable bonds is 3. The Balaban J connectivity index is 1.73. The minimum absolute atomic E-state index is 0.416. The first-order valence-corrected chi connectivity index (χ1v) is 8.28. The zero-order valence-corrected chi connectivity index (χ0v) is 13.9. The maximum absolute atomic E-state index is 4.78. The van der Waals surface area contributed by atoms with Gasteiger partial charge in [-0.3, -0.25) is 0 Å². The molecule has 1 N–H and O–H groups in total. The third-order valence-electron chi connectivity index (χ3n) is 4.46. The van der Waals surface area contributed by atoms with Gasteiger partial charge in [-0.15, -0.1) is 0 Å². The minimum Gasteiger partial charge on any atom is -0.353 e. The Bertz CT molecular complexity index is 853. The van der Waals surface area contributed by atoms with Crippen LogP contribution in [0.3, 0.4) is 0 Å². The maximum atomic E-state index is 4.78. The monoisotopic (exact) mass is 324 g/mol. The fourth-order valence-corrected chi connectivity index (χ4v) is 3.01. The Morgan fingerprint density at radius 1 is 1.12 bits per heavy atom. The highest BCUT2D eigenvalue weighted by Gasteiger charge is 2.22. The molecule has 0 spiro atoms. The van der Waals surface area contributed by atoms with Crippen LogP contribution in [0.15, 0.2) is 28.9 Å². The standard InChI is InChI=1S/C17H20N6O/c1-11-6-8-23(9-7-11)17-16(18-13-5-3-4-12(2)10-13)19-14-15(20-17)22-24-21-14/h3-5,10-11H,6-9H2,1-2H3,(H,18,19,21). The van der Waals surface area contributed by atoms with E-state index in [2.05, 4.69) is 56.5 Å². The topological polar surface area (TPSA) is 80.0 Å². The zero-order chi connectivity index (χ0) is 16.5. The van der Waals surface area contributed by atoms with Crippen LogP contribution in [0.25, 0.3) is 11.3 Å². The zero-order valence-electron chi connectivity index (χ0n) is 13.9. The van der Waals surface area contributed by atoms with Crippen LogP contribution in [0.5, 0.6) is 0 Å². The number of aryl methyl sites for hydroxylation is 1. The van der Waals surface area contributed by atoms with E-state index in [1.807, 2.05) is 12.1 Å². The molecule has 1 saturated heterocycles. The Kier molecular flexibility index (Phi) is 3.76. The summed E-state index contributed by atoms with van der Waals surface area (Å²) < 4.78 is 4.78. The molecule has 1 aliphatic heterocycles. The quantitative estimate of drug-likeness (QED) is 0.791.